The minimum absolute atomic E-state index is 0.218. The Balaban J connectivity index is 2.64. The molecule has 0 spiro atoms. The number of nitrogens with zero attached hydrogens (tertiary/aromatic N) is 1. The Bertz CT molecular complexity index is 260. The Morgan fingerprint density at radius 1 is 1.67 bits per heavy atom. The molecule has 1 aromatic heterocycles. The number of rotatable bonds is 3. The average Bonchev–Trinajstić information content (AvgIpc) is 2.32. The van der Waals surface area contributed by atoms with Crippen LogP contribution >= 0.6 is 46.3 Å². The molecule has 0 amide bonds. The van der Waals surface area contributed by atoms with E-state index in [1.54, 1.807) is 0 Å². The van der Waals surface area contributed by atoms with Gasteiger partial charge in [0.05, 0.1) is 5.88 Å². The summed E-state index contributed by atoms with van der Waals surface area (Å²) in [5, 5.41) is 0. The highest BCUT2D eigenvalue weighted by Gasteiger charge is 2.28. The molecule has 0 unspecified atom stereocenters. The summed E-state index contributed by atoms with van der Waals surface area (Å²) >= 11 is 11.5. The Kier molecular flexibility index (Phi) is 3.58. The fourth-order valence-corrected chi connectivity index (χ4v) is 2.68. The van der Waals surface area contributed by atoms with Crippen LogP contribution in [0.4, 0.5) is 8.78 Å². The summed E-state index contributed by atoms with van der Waals surface area (Å²) in [6.07, 6.45) is 1.46. The number of hydrogen-bond donors (Lipinski definition) is 0. The maximum absolute atomic E-state index is 12.2. The van der Waals surface area contributed by atoms with E-state index in [1.807, 2.05) is 0 Å². The summed E-state index contributed by atoms with van der Waals surface area (Å²) in [6.45, 7) is 0. The number of alkyl halides is 4. The predicted molar refractivity (Wildman–Crippen MR) is 48.3 cm³/mol. The summed E-state index contributed by atoms with van der Waals surface area (Å²) in [5.41, 5.74) is 0. The molecule has 0 saturated heterocycles. The van der Waals surface area contributed by atoms with E-state index in [0.717, 1.165) is 16.2 Å². The molecular weight excluding hydrogens is 247 g/mol. The highest BCUT2D eigenvalue weighted by atomic mass is 35.5. The fraction of sp³-hybridized carbons (Fsp3) is 0.400. The summed E-state index contributed by atoms with van der Waals surface area (Å²) in [5.74, 6) is 0.284. The Morgan fingerprint density at radius 2 is 2.33 bits per heavy atom. The van der Waals surface area contributed by atoms with Crippen LogP contribution < -0.4 is 0 Å². The van der Waals surface area contributed by atoms with Crippen molar-refractivity contribution < 1.29 is 8.78 Å². The molecule has 0 fully saturated rings. The van der Waals surface area contributed by atoms with Gasteiger partial charge in [0.2, 0.25) is 0 Å². The molecule has 0 aliphatic carbocycles. The van der Waals surface area contributed by atoms with Crippen LogP contribution in [0, 0.1) is 0 Å². The van der Waals surface area contributed by atoms with Gasteiger partial charge in [-0.15, -0.1) is 22.9 Å². The Labute approximate surface area is 86.1 Å². The highest BCUT2D eigenvalue weighted by molar-refractivity contribution is 8.03. The standard InChI is InChI=1S/C5H3Cl2F2NS2/c6-1-3-2-10-4(11-3)12-5(7,8)9/h2H,1H2. The van der Waals surface area contributed by atoms with Crippen molar-refractivity contribution in [2.24, 2.45) is 0 Å². The first-order valence-corrected chi connectivity index (χ1v) is 5.32. The van der Waals surface area contributed by atoms with Crippen molar-refractivity contribution in [2.75, 3.05) is 0 Å². The van der Waals surface area contributed by atoms with Crippen LogP contribution in [0.2, 0.25) is 0 Å². The first-order chi connectivity index (χ1) is 5.51. The molecule has 0 N–H and O–H groups in total. The minimum Gasteiger partial charge on any atom is -0.238 e. The van der Waals surface area contributed by atoms with Crippen molar-refractivity contribution in [3.8, 4) is 0 Å². The molecule has 0 bridgehead atoms. The number of halogens is 4. The lowest BCUT2D eigenvalue weighted by molar-refractivity contribution is 0.203. The van der Waals surface area contributed by atoms with Crippen LogP contribution in [-0.4, -0.2) is 9.70 Å². The van der Waals surface area contributed by atoms with Gasteiger partial charge in [-0.2, -0.15) is 8.78 Å². The third kappa shape index (κ3) is 3.43. The molecule has 0 atom stereocenters. The first-order valence-electron chi connectivity index (χ1n) is 2.77. The van der Waals surface area contributed by atoms with Gasteiger partial charge in [0, 0.05) is 11.1 Å². The maximum Gasteiger partial charge on any atom is 0.377 e. The Morgan fingerprint density at radius 3 is 2.75 bits per heavy atom. The zero-order valence-electron chi connectivity index (χ0n) is 5.56. The SMILES string of the molecule is FC(F)(Cl)Sc1ncc(CCl)s1. The first kappa shape index (κ1) is 10.5. The van der Waals surface area contributed by atoms with Crippen molar-refractivity contribution in [1.29, 1.82) is 0 Å². The van der Waals surface area contributed by atoms with Gasteiger partial charge in [0.25, 0.3) is 0 Å². The molecule has 7 heteroatoms. The van der Waals surface area contributed by atoms with Gasteiger partial charge in [-0.1, -0.05) is 0 Å². The van der Waals surface area contributed by atoms with E-state index in [1.165, 1.54) is 6.20 Å². The smallest absolute Gasteiger partial charge is 0.238 e. The van der Waals surface area contributed by atoms with Gasteiger partial charge >= 0.3 is 4.71 Å². The molecule has 0 aliphatic heterocycles. The van der Waals surface area contributed by atoms with E-state index in [9.17, 15) is 8.78 Å². The van der Waals surface area contributed by atoms with E-state index in [-0.39, 0.29) is 22.0 Å². The van der Waals surface area contributed by atoms with E-state index < -0.39 is 4.71 Å². The average molecular weight is 250 g/mol. The molecule has 1 aromatic rings. The third-order valence-corrected chi connectivity index (χ3v) is 3.35. The highest BCUT2D eigenvalue weighted by Crippen LogP contribution is 2.40. The maximum atomic E-state index is 12.2. The van der Waals surface area contributed by atoms with E-state index >= 15 is 0 Å². The second-order valence-electron chi connectivity index (χ2n) is 1.77. The summed E-state index contributed by atoms with van der Waals surface area (Å²) in [4.78, 5) is 4.46. The number of thiazole rings is 1. The largest absolute Gasteiger partial charge is 0.377 e. The van der Waals surface area contributed by atoms with Gasteiger partial charge < -0.3 is 0 Å². The Hall–Kier alpha value is 0.420. The zero-order valence-corrected chi connectivity index (χ0v) is 8.70. The van der Waals surface area contributed by atoms with E-state index in [2.05, 4.69) is 16.6 Å². The topological polar surface area (TPSA) is 12.9 Å². The minimum atomic E-state index is -3.29. The van der Waals surface area contributed by atoms with Crippen LogP contribution in [0.1, 0.15) is 4.88 Å². The lowest BCUT2D eigenvalue weighted by atomic mass is 10.6. The third-order valence-electron chi connectivity index (χ3n) is 0.867. The van der Waals surface area contributed by atoms with Gasteiger partial charge in [-0.3, -0.25) is 0 Å². The molecule has 1 rings (SSSR count). The van der Waals surface area contributed by atoms with Gasteiger partial charge in [-0.25, -0.2) is 4.98 Å². The van der Waals surface area contributed by atoms with Gasteiger partial charge in [0.1, 0.15) is 0 Å². The number of aromatic nitrogens is 1. The lowest BCUT2D eigenvalue weighted by Gasteiger charge is -2.01. The summed E-state index contributed by atoms with van der Waals surface area (Å²) in [7, 11) is 0. The van der Waals surface area contributed by atoms with Crippen LogP contribution in [0.3, 0.4) is 0 Å². The number of thioether (sulfide) groups is 1. The van der Waals surface area contributed by atoms with E-state index in [0.29, 0.717) is 0 Å². The normalized spacial score (nSPS) is 12.0. The molecule has 68 valence electrons. The molecule has 12 heavy (non-hydrogen) atoms. The summed E-state index contributed by atoms with van der Waals surface area (Å²) in [6, 6.07) is 0. The fourth-order valence-electron chi connectivity index (χ4n) is 0.498. The van der Waals surface area contributed by atoms with Crippen LogP contribution in [0.5, 0.6) is 0 Å². The second-order valence-corrected chi connectivity index (χ2v) is 5.22. The van der Waals surface area contributed by atoms with Crippen molar-refractivity contribution in [1.82, 2.24) is 4.98 Å². The molecule has 0 saturated carbocycles. The molecule has 0 aromatic carbocycles. The van der Waals surface area contributed by atoms with E-state index in [4.69, 9.17) is 11.6 Å². The van der Waals surface area contributed by atoms with Crippen LogP contribution in [0.25, 0.3) is 0 Å². The van der Waals surface area contributed by atoms with Gasteiger partial charge in [-0.05, 0) is 23.4 Å². The van der Waals surface area contributed by atoms with Crippen LogP contribution in [0.15, 0.2) is 10.5 Å². The monoisotopic (exact) mass is 249 g/mol. The van der Waals surface area contributed by atoms with Crippen molar-refractivity contribution in [3.63, 3.8) is 0 Å². The molecule has 1 heterocycles. The zero-order chi connectivity index (χ0) is 9.19. The summed E-state index contributed by atoms with van der Waals surface area (Å²) < 4.78 is 21.3. The quantitative estimate of drug-likeness (QED) is 0.598. The van der Waals surface area contributed by atoms with Crippen molar-refractivity contribution in [2.45, 2.75) is 14.9 Å². The van der Waals surface area contributed by atoms with Crippen LogP contribution in [-0.2, 0) is 5.88 Å². The molecule has 0 radical (unpaired) electrons. The van der Waals surface area contributed by atoms with Crippen molar-refractivity contribution >= 4 is 46.3 Å². The van der Waals surface area contributed by atoms with Gasteiger partial charge in [0.15, 0.2) is 4.34 Å². The molecule has 1 nitrogen and oxygen atoms in total. The molecular formula is C5H3Cl2F2NS2. The van der Waals surface area contributed by atoms with Crippen molar-refractivity contribution in [3.05, 3.63) is 11.1 Å². The number of hydrogen-bond acceptors (Lipinski definition) is 3. The molecule has 0 aliphatic rings. The lowest BCUT2D eigenvalue weighted by Crippen LogP contribution is -1.96. The second kappa shape index (κ2) is 4.09. The predicted octanol–water partition coefficient (Wildman–Crippen LogP) is 3.76.